The molecule has 0 spiro atoms. The minimum atomic E-state index is 0.735. The molecule has 2 nitrogen and oxygen atoms in total. The van der Waals surface area contributed by atoms with Crippen molar-refractivity contribution in [1.29, 1.82) is 5.26 Å². The van der Waals surface area contributed by atoms with Crippen molar-refractivity contribution in [3.05, 3.63) is 34.9 Å². The minimum Gasteiger partial charge on any atom is -0.310 e. The number of aryl methyl sites for hydroxylation is 1. The zero-order valence-electron chi connectivity index (χ0n) is 10.9. The Morgan fingerprint density at radius 1 is 1.33 bits per heavy atom. The molecule has 2 aliphatic rings. The maximum absolute atomic E-state index is 8.86. The lowest BCUT2D eigenvalue weighted by Gasteiger charge is -2.23. The first kappa shape index (κ1) is 11.7. The highest BCUT2D eigenvalue weighted by atomic mass is 14.9. The summed E-state index contributed by atoms with van der Waals surface area (Å²) >= 11 is 0. The molecule has 0 heterocycles. The predicted molar refractivity (Wildman–Crippen MR) is 72.0 cm³/mol. The molecule has 2 heteroatoms. The van der Waals surface area contributed by atoms with Gasteiger partial charge in [0, 0.05) is 12.6 Å². The summed E-state index contributed by atoms with van der Waals surface area (Å²) in [6.45, 7) is 3.05. The highest BCUT2D eigenvalue weighted by Crippen LogP contribution is 2.44. The van der Waals surface area contributed by atoms with E-state index in [1.54, 1.807) is 0 Å². The number of benzene rings is 1. The van der Waals surface area contributed by atoms with Crippen LogP contribution in [0.25, 0.3) is 0 Å². The van der Waals surface area contributed by atoms with Gasteiger partial charge in [0.25, 0.3) is 0 Å². The fourth-order valence-electron chi connectivity index (χ4n) is 3.70. The molecule has 18 heavy (non-hydrogen) atoms. The molecule has 1 aromatic carbocycles. The summed E-state index contributed by atoms with van der Waals surface area (Å²) in [5.74, 6) is 1.92. The second-order valence-electron chi connectivity index (χ2n) is 5.92. The molecular weight excluding hydrogens is 220 g/mol. The van der Waals surface area contributed by atoms with Crippen LogP contribution in [-0.4, -0.2) is 6.04 Å². The zero-order valence-corrected chi connectivity index (χ0v) is 10.9. The van der Waals surface area contributed by atoms with E-state index in [4.69, 9.17) is 5.26 Å². The van der Waals surface area contributed by atoms with Crippen molar-refractivity contribution in [2.24, 2.45) is 11.8 Å². The summed E-state index contributed by atoms with van der Waals surface area (Å²) in [5.41, 5.74) is 3.32. The van der Waals surface area contributed by atoms with Gasteiger partial charge in [-0.15, -0.1) is 0 Å². The first-order valence-electron chi connectivity index (χ1n) is 6.99. The summed E-state index contributed by atoms with van der Waals surface area (Å²) in [4.78, 5) is 0. The highest BCUT2D eigenvalue weighted by Gasteiger charge is 2.38. The summed E-state index contributed by atoms with van der Waals surface area (Å²) in [7, 11) is 0. The van der Waals surface area contributed by atoms with Crippen molar-refractivity contribution < 1.29 is 0 Å². The molecule has 2 bridgehead atoms. The number of nitrogens with zero attached hydrogens (tertiary/aromatic N) is 1. The van der Waals surface area contributed by atoms with E-state index in [-0.39, 0.29) is 0 Å². The monoisotopic (exact) mass is 240 g/mol. The quantitative estimate of drug-likeness (QED) is 0.881. The molecule has 1 N–H and O–H groups in total. The Kier molecular flexibility index (Phi) is 3.09. The van der Waals surface area contributed by atoms with Gasteiger partial charge < -0.3 is 5.32 Å². The standard InChI is InChI=1S/C16H20N2/c1-11-6-13(9-17)3-5-15(11)10-18-16-8-12-2-4-14(16)7-12/h3,5-6,12,14,16,18H,2,4,7-8,10H2,1H3. The van der Waals surface area contributed by atoms with Gasteiger partial charge in [0.1, 0.15) is 0 Å². The number of hydrogen-bond donors (Lipinski definition) is 1. The molecule has 0 radical (unpaired) electrons. The van der Waals surface area contributed by atoms with Crippen molar-refractivity contribution in [2.75, 3.05) is 0 Å². The molecule has 94 valence electrons. The molecule has 0 saturated heterocycles. The van der Waals surface area contributed by atoms with Crippen molar-refractivity contribution >= 4 is 0 Å². The van der Waals surface area contributed by atoms with Gasteiger partial charge in [0.15, 0.2) is 0 Å². The van der Waals surface area contributed by atoms with Gasteiger partial charge in [-0.05, 0) is 61.3 Å². The second kappa shape index (κ2) is 4.74. The first-order valence-corrected chi connectivity index (χ1v) is 6.99. The predicted octanol–water partition coefficient (Wildman–Crippen LogP) is 3.14. The van der Waals surface area contributed by atoms with E-state index in [1.165, 1.54) is 36.8 Å². The van der Waals surface area contributed by atoms with Crippen LogP contribution in [0.1, 0.15) is 42.4 Å². The van der Waals surface area contributed by atoms with Crippen molar-refractivity contribution in [1.82, 2.24) is 5.32 Å². The molecule has 2 aliphatic carbocycles. The Bertz CT molecular complexity index is 486. The lowest BCUT2D eigenvalue weighted by Crippen LogP contribution is -2.33. The van der Waals surface area contributed by atoms with Gasteiger partial charge >= 0.3 is 0 Å². The minimum absolute atomic E-state index is 0.735. The van der Waals surface area contributed by atoms with E-state index in [0.717, 1.165) is 30.0 Å². The van der Waals surface area contributed by atoms with E-state index < -0.39 is 0 Å². The van der Waals surface area contributed by atoms with Crippen molar-refractivity contribution in [3.63, 3.8) is 0 Å². The molecular formula is C16H20N2. The third kappa shape index (κ3) is 2.15. The maximum atomic E-state index is 8.86. The molecule has 1 aromatic rings. The van der Waals surface area contributed by atoms with Crippen LogP contribution in [0.4, 0.5) is 0 Å². The molecule has 0 aliphatic heterocycles. The Morgan fingerprint density at radius 2 is 2.22 bits per heavy atom. The van der Waals surface area contributed by atoms with Crippen LogP contribution >= 0.6 is 0 Å². The average Bonchev–Trinajstić information content (AvgIpc) is 2.99. The van der Waals surface area contributed by atoms with Gasteiger partial charge in [-0.3, -0.25) is 0 Å². The van der Waals surface area contributed by atoms with Gasteiger partial charge in [-0.1, -0.05) is 12.5 Å². The van der Waals surface area contributed by atoms with Gasteiger partial charge in [-0.25, -0.2) is 0 Å². The van der Waals surface area contributed by atoms with Crippen LogP contribution in [0.3, 0.4) is 0 Å². The summed E-state index contributed by atoms with van der Waals surface area (Å²) < 4.78 is 0. The molecule has 3 rings (SSSR count). The van der Waals surface area contributed by atoms with Crippen LogP contribution in [-0.2, 0) is 6.54 Å². The normalized spacial score (nSPS) is 29.4. The van der Waals surface area contributed by atoms with Crippen LogP contribution in [0.15, 0.2) is 18.2 Å². The Labute approximate surface area is 109 Å². The number of nitrogens with one attached hydrogen (secondary N) is 1. The lowest BCUT2D eigenvalue weighted by atomic mass is 9.95. The molecule has 2 saturated carbocycles. The van der Waals surface area contributed by atoms with Crippen LogP contribution in [0.2, 0.25) is 0 Å². The van der Waals surface area contributed by atoms with E-state index >= 15 is 0 Å². The molecule has 0 amide bonds. The molecule has 2 fully saturated rings. The highest BCUT2D eigenvalue weighted by molar-refractivity contribution is 5.37. The average molecular weight is 240 g/mol. The van der Waals surface area contributed by atoms with Gasteiger partial charge in [0.05, 0.1) is 11.6 Å². The molecule has 3 atom stereocenters. The summed E-state index contributed by atoms with van der Waals surface area (Å²) in [5, 5.41) is 12.6. The fraction of sp³-hybridized carbons (Fsp3) is 0.562. The van der Waals surface area contributed by atoms with E-state index in [9.17, 15) is 0 Å². The number of nitriles is 1. The molecule has 3 unspecified atom stereocenters. The fourth-order valence-corrected chi connectivity index (χ4v) is 3.70. The maximum Gasteiger partial charge on any atom is 0.0991 e. The largest absolute Gasteiger partial charge is 0.310 e. The third-order valence-corrected chi connectivity index (χ3v) is 4.76. The van der Waals surface area contributed by atoms with Crippen molar-refractivity contribution in [2.45, 2.75) is 45.2 Å². The van der Waals surface area contributed by atoms with Gasteiger partial charge in [-0.2, -0.15) is 5.26 Å². The van der Waals surface area contributed by atoms with Crippen LogP contribution in [0, 0.1) is 30.1 Å². The van der Waals surface area contributed by atoms with Crippen molar-refractivity contribution in [3.8, 4) is 6.07 Å². The van der Waals surface area contributed by atoms with E-state index in [1.807, 2.05) is 12.1 Å². The van der Waals surface area contributed by atoms with Crippen LogP contribution < -0.4 is 5.32 Å². The van der Waals surface area contributed by atoms with E-state index in [2.05, 4.69) is 24.4 Å². The SMILES string of the molecule is Cc1cc(C#N)ccc1CNC1CC2CCC1C2. The zero-order chi connectivity index (χ0) is 12.5. The van der Waals surface area contributed by atoms with Crippen LogP contribution in [0.5, 0.6) is 0 Å². The summed E-state index contributed by atoms with van der Waals surface area (Å²) in [6.07, 6.45) is 5.71. The first-order chi connectivity index (χ1) is 8.76. The number of hydrogen-bond acceptors (Lipinski definition) is 2. The Morgan fingerprint density at radius 3 is 2.83 bits per heavy atom. The summed E-state index contributed by atoms with van der Waals surface area (Å²) in [6, 6.07) is 8.93. The Hall–Kier alpha value is -1.33. The smallest absolute Gasteiger partial charge is 0.0991 e. The second-order valence-corrected chi connectivity index (χ2v) is 5.92. The Balaban J connectivity index is 1.62. The van der Waals surface area contributed by atoms with E-state index in [0.29, 0.717) is 0 Å². The number of fused-ring (bicyclic) bond motifs is 2. The molecule has 0 aromatic heterocycles. The third-order valence-electron chi connectivity index (χ3n) is 4.76. The number of rotatable bonds is 3. The lowest BCUT2D eigenvalue weighted by molar-refractivity contribution is 0.350. The topological polar surface area (TPSA) is 35.8 Å². The van der Waals surface area contributed by atoms with Gasteiger partial charge in [0.2, 0.25) is 0 Å².